The van der Waals surface area contributed by atoms with E-state index >= 15 is 0 Å². The highest BCUT2D eigenvalue weighted by molar-refractivity contribution is 7.99. The van der Waals surface area contributed by atoms with Gasteiger partial charge in [-0.3, -0.25) is 0 Å². The van der Waals surface area contributed by atoms with E-state index in [1.807, 2.05) is 11.8 Å². The Morgan fingerprint density at radius 2 is 2.08 bits per heavy atom. The van der Waals surface area contributed by atoms with E-state index in [4.69, 9.17) is 4.74 Å². The maximum atomic E-state index is 5.70. The van der Waals surface area contributed by atoms with Crippen LogP contribution in [0.3, 0.4) is 0 Å². The van der Waals surface area contributed by atoms with Gasteiger partial charge in [-0.2, -0.15) is 11.8 Å². The predicted molar refractivity (Wildman–Crippen MR) is 60.1 cm³/mol. The Morgan fingerprint density at radius 1 is 1.31 bits per heavy atom. The zero-order valence-electron chi connectivity index (χ0n) is 8.71. The van der Waals surface area contributed by atoms with Crippen LogP contribution in [0, 0.1) is 0 Å². The molecule has 0 saturated carbocycles. The molecule has 1 aliphatic rings. The van der Waals surface area contributed by atoms with Gasteiger partial charge in [-0.25, -0.2) is 0 Å². The summed E-state index contributed by atoms with van der Waals surface area (Å²) in [5.41, 5.74) is 0. The molecule has 1 saturated heterocycles. The van der Waals surface area contributed by atoms with Gasteiger partial charge in [0.25, 0.3) is 0 Å². The minimum Gasteiger partial charge on any atom is -0.498 e. The quantitative estimate of drug-likeness (QED) is 0.673. The lowest BCUT2D eigenvalue weighted by atomic mass is 10.1. The first-order valence-electron chi connectivity index (χ1n) is 5.19. The van der Waals surface area contributed by atoms with Gasteiger partial charge in [-0.05, 0) is 32.1 Å². The second-order valence-corrected chi connectivity index (χ2v) is 4.80. The van der Waals surface area contributed by atoms with Gasteiger partial charge in [0.05, 0.1) is 12.4 Å². The molecule has 0 radical (unpaired) electrons. The minimum absolute atomic E-state index is 0.592. The molecule has 0 spiro atoms. The third-order valence-corrected chi connectivity index (χ3v) is 3.28. The Labute approximate surface area is 85.9 Å². The van der Waals surface area contributed by atoms with Gasteiger partial charge in [0, 0.05) is 11.7 Å². The maximum absolute atomic E-state index is 5.70. The molecule has 1 nitrogen and oxygen atoms in total. The highest BCUT2D eigenvalue weighted by Gasteiger charge is 2.05. The summed E-state index contributed by atoms with van der Waals surface area (Å²) in [6.07, 6.45) is 10.8. The van der Waals surface area contributed by atoms with Crippen molar-refractivity contribution in [2.24, 2.45) is 0 Å². The molecular formula is C11H20OS. The van der Waals surface area contributed by atoms with Crippen molar-refractivity contribution >= 4 is 11.8 Å². The SMILES string of the molecule is CSC(C)/C=C1/CCCCCCO1. The number of hydrogen-bond donors (Lipinski definition) is 0. The Bertz CT molecular complexity index is 155. The largest absolute Gasteiger partial charge is 0.498 e. The molecule has 0 aliphatic carbocycles. The molecule has 1 rings (SSSR count). The summed E-state index contributed by atoms with van der Waals surface area (Å²) in [6, 6.07) is 0. The van der Waals surface area contributed by atoms with Crippen LogP contribution in [0.25, 0.3) is 0 Å². The third kappa shape index (κ3) is 4.61. The predicted octanol–water partition coefficient (Wildman–Crippen LogP) is 3.60. The van der Waals surface area contributed by atoms with Gasteiger partial charge >= 0.3 is 0 Å². The molecule has 76 valence electrons. The highest BCUT2D eigenvalue weighted by atomic mass is 32.2. The molecule has 0 N–H and O–H groups in total. The van der Waals surface area contributed by atoms with Crippen LogP contribution in [0.1, 0.15) is 39.0 Å². The maximum Gasteiger partial charge on any atom is 0.0930 e. The molecule has 1 fully saturated rings. The summed E-state index contributed by atoms with van der Waals surface area (Å²) in [5.74, 6) is 1.22. The van der Waals surface area contributed by atoms with Crippen LogP contribution < -0.4 is 0 Å². The van der Waals surface area contributed by atoms with Crippen molar-refractivity contribution < 1.29 is 4.74 Å². The molecule has 1 atom stereocenters. The van der Waals surface area contributed by atoms with Crippen molar-refractivity contribution in [2.45, 2.75) is 44.3 Å². The van der Waals surface area contributed by atoms with Crippen LogP contribution in [0.5, 0.6) is 0 Å². The lowest BCUT2D eigenvalue weighted by molar-refractivity contribution is 0.183. The van der Waals surface area contributed by atoms with Crippen molar-refractivity contribution in [1.82, 2.24) is 0 Å². The third-order valence-electron chi connectivity index (χ3n) is 2.40. The summed E-state index contributed by atoms with van der Waals surface area (Å²) >= 11 is 1.87. The van der Waals surface area contributed by atoms with Gasteiger partial charge < -0.3 is 4.74 Å². The van der Waals surface area contributed by atoms with E-state index in [1.54, 1.807) is 0 Å². The Kier molecular flexibility index (Phi) is 5.37. The smallest absolute Gasteiger partial charge is 0.0930 e. The van der Waals surface area contributed by atoms with Crippen molar-refractivity contribution in [3.8, 4) is 0 Å². The van der Waals surface area contributed by atoms with E-state index < -0.39 is 0 Å². The summed E-state index contributed by atoms with van der Waals surface area (Å²) in [7, 11) is 0. The molecule has 13 heavy (non-hydrogen) atoms. The van der Waals surface area contributed by atoms with E-state index in [1.165, 1.54) is 31.4 Å². The zero-order valence-corrected chi connectivity index (χ0v) is 9.53. The van der Waals surface area contributed by atoms with Crippen LogP contribution >= 0.6 is 11.8 Å². The average Bonchev–Trinajstić information content (AvgIpc) is 2.09. The highest BCUT2D eigenvalue weighted by Crippen LogP contribution is 2.19. The summed E-state index contributed by atoms with van der Waals surface area (Å²) in [5, 5.41) is 0.592. The molecule has 0 amide bonds. The molecule has 1 aliphatic heterocycles. The van der Waals surface area contributed by atoms with Crippen molar-refractivity contribution in [2.75, 3.05) is 12.9 Å². The van der Waals surface area contributed by atoms with Gasteiger partial charge in [-0.15, -0.1) is 0 Å². The van der Waals surface area contributed by atoms with Crippen LogP contribution in [0.15, 0.2) is 11.8 Å². The standard InChI is InChI=1S/C11H20OS/c1-10(13-2)9-11-7-5-3-4-6-8-12-11/h9-10H,3-8H2,1-2H3/b11-9-. The first kappa shape index (κ1) is 11.0. The number of thioether (sulfide) groups is 1. The lowest BCUT2D eigenvalue weighted by Crippen LogP contribution is -2.02. The molecule has 0 aromatic carbocycles. The van der Waals surface area contributed by atoms with E-state index in [-0.39, 0.29) is 0 Å². The lowest BCUT2D eigenvalue weighted by Gasteiger charge is -2.15. The number of allylic oxidation sites excluding steroid dienone is 1. The fraction of sp³-hybridized carbons (Fsp3) is 0.818. The second-order valence-electron chi connectivity index (χ2n) is 3.59. The number of ether oxygens (including phenoxy) is 1. The topological polar surface area (TPSA) is 9.23 Å². The summed E-state index contributed by atoms with van der Waals surface area (Å²) < 4.78 is 5.70. The molecule has 0 bridgehead atoms. The first-order chi connectivity index (χ1) is 6.33. The van der Waals surface area contributed by atoms with Gasteiger partial charge in [0.1, 0.15) is 0 Å². The van der Waals surface area contributed by atoms with E-state index in [2.05, 4.69) is 19.3 Å². The fourth-order valence-corrected chi connectivity index (χ4v) is 1.78. The first-order valence-corrected chi connectivity index (χ1v) is 6.48. The Hall–Kier alpha value is -0.110. The van der Waals surface area contributed by atoms with Crippen molar-refractivity contribution in [1.29, 1.82) is 0 Å². The minimum atomic E-state index is 0.592. The molecule has 1 unspecified atom stereocenters. The second kappa shape index (κ2) is 6.36. The molecule has 0 aromatic heterocycles. The van der Waals surface area contributed by atoms with E-state index in [0.29, 0.717) is 5.25 Å². The van der Waals surface area contributed by atoms with Crippen LogP contribution in [-0.4, -0.2) is 18.1 Å². The summed E-state index contributed by atoms with van der Waals surface area (Å²) in [6.45, 7) is 3.15. The number of rotatable bonds is 2. The Balaban J connectivity index is 2.40. The normalized spacial score (nSPS) is 24.6. The van der Waals surface area contributed by atoms with E-state index in [0.717, 1.165) is 13.0 Å². The van der Waals surface area contributed by atoms with Crippen LogP contribution in [0.4, 0.5) is 0 Å². The Morgan fingerprint density at radius 3 is 2.85 bits per heavy atom. The average molecular weight is 200 g/mol. The molecule has 1 heterocycles. The van der Waals surface area contributed by atoms with Gasteiger partial charge in [0.2, 0.25) is 0 Å². The van der Waals surface area contributed by atoms with Crippen molar-refractivity contribution in [3.63, 3.8) is 0 Å². The molecule has 2 heteroatoms. The summed E-state index contributed by atoms with van der Waals surface area (Å²) in [4.78, 5) is 0. The zero-order chi connectivity index (χ0) is 9.52. The van der Waals surface area contributed by atoms with Crippen LogP contribution in [0.2, 0.25) is 0 Å². The monoisotopic (exact) mass is 200 g/mol. The fourth-order valence-electron chi connectivity index (χ4n) is 1.49. The van der Waals surface area contributed by atoms with Gasteiger partial charge in [0.15, 0.2) is 0 Å². The van der Waals surface area contributed by atoms with E-state index in [9.17, 15) is 0 Å². The van der Waals surface area contributed by atoms with Crippen molar-refractivity contribution in [3.05, 3.63) is 11.8 Å². The van der Waals surface area contributed by atoms with Gasteiger partial charge in [-0.1, -0.05) is 12.8 Å². The number of hydrogen-bond acceptors (Lipinski definition) is 2. The van der Waals surface area contributed by atoms with Crippen LogP contribution in [-0.2, 0) is 4.74 Å². The molecule has 0 aromatic rings. The molecular weight excluding hydrogens is 180 g/mol.